The third-order valence-corrected chi connectivity index (χ3v) is 5.01. The van der Waals surface area contributed by atoms with Gasteiger partial charge in [-0.25, -0.2) is 8.78 Å². The van der Waals surface area contributed by atoms with Crippen molar-refractivity contribution in [3.8, 4) is 0 Å². The van der Waals surface area contributed by atoms with Gasteiger partial charge in [-0.15, -0.1) is 0 Å². The molecule has 0 heterocycles. The highest BCUT2D eigenvalue weighted by molar-refractivity contribution is 4.76. The molecule has 2 nitrogen and oxygen atoms in total. The van der Waals surface area contributed by atoms with Crippen molar-refractivity contribution in [1.82, 2.24) is 0 Å². The Labute approximate surface area is 147 Å². The minimum absolute atomic E-state index is 0.108. The van der Waals surface area contributed by atoms with Gasteiger partial charge in [-0.3, -0.25) is 0 Å². The van der Waals surface area contributed by atoms with Gasteiger partial charge in [-0.05, 0) is 44.9 Å². The fourth-order valence-electron chi connectivity index (χ4n) is 3.21. The zero-order valence-electron chi connectivity index (χ0n) is 15.7. The normalized spacial score (nSPS) is 25.4. The van der Waals surface area contributed by atoms with E-state index in [1.54, 1.807) is 0 Å². The Morgan fingerprint density at radius 2 is 1.62 bits per heavy atom. The van der Waals surface area contributed by atoms with Crippen LogP contribution in [-0.2, 0) is 9.47 Å². The van der Waals surface area contributed by atoms with Crippen molar-refractivity contribution in [2.45, 2.75) is 116 Å². The zero-order valence-corrected chi connectivity index (χ0v) is 15.7. The maximum Gasteiger partial charge on any atom is 0.292 e. The summed E-state index contributed by atoms with van der Waals surface area (Å²) in [5.41, 5.74) is 0. The summed E-state index contributed by atoms with van der Waals surface area (Å²) in [5.74, 6) is 0.744. The molecule has 1 rings (SSSR count). The highest BCUT2D eigenvalue weighted by Gasteiger charge is 2.28. The van der Waals surface area contributed by atoms with Crippen LogP contribution in [-0.4, -0.2) is 24.6 Å². The predicted octanol–water partition coefficient (Wildman–Crippen LogP) is 6.41. The topological polar surface area (TPSA) is 18.5 Å². The molecule has 2 radical (unpaired) electrons. The van der Waals surface area contributed by atoms with E-state index in [2.05, 4.69) is 20.6 Å². The summed E-state index contributed by atoms with van der Waals surface area (Å²) in [4.78, 5) is 0. The van der Waals surface area contributed by atoms with Crippen LogP contribution in [0.4, 0.5) is 8.78 Å². The van der Waals surface area contributed by atoms with Gasteiger partial charge < -0.3 is 9.47 Å². The molecule has 0 saturated heterocycles. The lowest BCUT2D eigenvalue weighted by Gasteiger charge is -2.27. The van der Waals surface area contributed by atoms with Gasteiger partial charge >= 0.3 is 0 Å². The minimum atomic E-state index is -1.62. The second-order valence-electron chi connectivity index (χ2n) is 7.42. The maximum atomic E-state index is 14.0. The molecule has 0 amide bonds. The standard InChI is InChI=1S/C20H36F2O2/c1-4-5-6-7-8-9-10-19(20(22)17(3)21)24-15-23-18-13-11-16(2)12-14-18/h16-20H,4-14H2,1-3H3/t16-,17?,18-,19?,20-/m0/s1. The second kappa shape index (κ2) is 13.0. The molecule has 142 valence electrons. The van der Waals surface area contributed by atoms with Crippen LogP contribution in [0.5, 0.6) is 0 Å². The van der Waals surface area contributed by atoms with E-state index in [1.807, 2.05) is 0 Å². The van der Waals surface area contributed by atoms with Gasteiger partial charge in [-0.1, -0.05) is 52.4 Å². The van der Waals surface area contributed by atoms with Crippen molar-refractivity contribution in [3.05, 3.63) is 6.79 Å². The van der Waals surface area contributed by atoms with E-state index in [-0.39, 0.29) is 6.10 Å². The summed E-state index contributed by atoms with van der Waals surface area (Å²) in [6.45, 7) is 8.12. The molecule has 0 bridgehead atoms. The van der Waals surface area contributed by atoms with E-state index in [0.717, 1.165) is 50.9 Å². The lowest BCUT2D eigenvalue weighted by molar-refractivity contribution is -0.0950. The van der Waals surface area contributed by atoms with E-state index >= 15 is 0 Å². The largest absolute Gasteiger partial charge is 0.337 e. The van der Waals surface area contributed by atoms with Gasteiger partial charge in [0.25, 0.3) is 6.79 Å². The fraction of sp³-hybridized carbons (Fsp3) is 0.950. The minimum Gasteiger partial charge on any atom is -0.337 e. The van der Waals surface area contributed by atoms with Crippen molar-refractivity contribution in [3.63, 3.8) is 0 Å². The van der Waals surface area contributed by atoms with Crippen LogP contribution in [0, 0.1) is 12.7 Å². The molecule has 1 aliphatic rings. The first-order valence-corrected chi connectivity index (χ1v) is 9.89. The Morgan fingerprint density at radius 3 is 2.25 bits per heavy atom. The molecule has 0 N–H and O–H groups in total. The summed E-state index contributed by atoms with van der Waals surface area (Å²) < 4.78 is 38.2. The van der Waals surface area contributed by atoms with E-state index in [0.29, 0.717) is 6.42 Å². The van der Waals surface area contributed by atoms with E-state index in [1.165, 1.54) is 26.2 Å². The van der Waals surface area contributed by atoms with Gasteiger partial charge in [0.15, 0.2) is 6.17 Å². The third-order valence-electron chi connectivity index (χ3n) is 5.01. The maximum absolute atomic E-state index is 14.0. The Balaban J connectivity index is 2.23. The van der Waals surface area contributed by atoms with Gasteiger partial charge in [0.1, 0.15) is 6.17 Å². The van der Waals surface area contributed by atoms with Gasteiger partial charge in [0.05, 0.1) is 12.2 Å². The summed E-state index contributed by atoms with van der Waals surface area (Å²) in [5, 5.41) is 0. The number of ether oxygens (including phenoxy) is 2. The molecule has 0 aliphatic heterocycles. The SMILES string of the molecule is CCCCCCCCC(O[C]O[C@H]1CC[C@H](C)CC1)[C@@H](F)C(C)F. The first-order chi connectivity index (χ1) is 11.5. The molecule has 3 atom stereocenters. The van der Waals surface area contributed by atoms with Crippen LogP contribution in [0.25, 0.3) is 0 Å². The quantitative estimate of drug-likeness (QED) is 0.359. The summed E-state index contributed by atoms with van der Waals surface area (Å²) in [7, 11) is 0. The van der Waals surface area contributed by atoms with Gasteiger partial charge in [0, 0.05) is 0 Å². The monoisotopic (exact) mass is 346 g/mol. The third kappa shape index (κ3) is 9.31. The average Bonchev–Trinajstić information content (AvgIpc) is 2.57. The van der Waals surface area contributed by atoms with Crippen LogP contribution >= 0.6 is 0 Å². The first-order valence-electron chi connectivity index (χ1n) is 9.89. The summed E-state index contributed by atoms with van der Waals surface area (Å²) in [6.07, 6.45) is 7.61. The molecule has 2 unspecified atom stereocenters. The van der Waals surface area contributed by atoms with Gasteiger partial charge in [-0.2, -0.15) is 0 Å². The number of rotatable bonds is 13. The number of hydrogen-bond acceptors (Lipinski definition) is 2. The summed E-state index contributed by atoms with van der Waals surface area (Å²) >= 11 is 0. The molecule has 0 aromatic carbocycles. The number of alkyl halides is 2. The molecule has 0 aromatic rings. The number of halogens is 2. The first kappa shape index (κ1) is 21.8. The Hall–Kier alpha value is -0.220. The van der Waals surface area contributed by atoms with Crippen molar-refractivity contribution in [2.24, 2.45) is 5.92 Å². The average molecular weight is 347 g/mol. The van der Waals surface area contributed by atoms with Gasteiger partial charge in [0.2, 0.25) is 0 Å². The molecule has 24 heavy (non-hydrogen) atoms. The Kier molecular flexibility index (Phi) is 11.9. The summed E-state index contributed by atoms with van der Waals surface area (Å²) in [6, 6.07) is 0. The van der Waals surface area contributed by atoms with Crippen LogP contribution < -0.4 is 0 Å². The van der Waals surface area contributed by atoms with Crippen molar-refractivity contribution < 1.29 is 18.3 Å². The Morgan fingerprint density at radius 1 is 1.00 bits per heavy atom. The molecule has 4 heteroatoms. The highest BCUT2D eigenvalue weighted by atomic mass is 19.2. The van der Waals surface area contributed by atoms with E-state index in [4.69, 9.17) is 9.47 Å². The van der Waals surface area contributed by atoms with Crippen molar-refractivity contribution >= 4 is 0 Å². The van der Waals surface area contributed by atoms with Crippen LogP contribution in [0.15, 0.2) is 0 Å². The molecular weight excluding hydrogens is 310 g/mol. The fourth-order valence-corrected chi connectivity index (χ4v) is 3.21. The predicted molar refractivity (Wildman–Crippen MR) is 94.1 cm³/mol. The van der Waals surface area contributed by atoms with Crippen LogP contribution in [0.2, 0.25) is 0 Å². The Bertz CT molecular complexity index is 291. The molecule has 0 aromatic heterocycles. The molecule has 0 spiro atoms. The molecule has 1 aliphatic carbocycles. The van der Waals surface area contributed by atoms with Crippen molar-refractivity contribution in [2.75, 3.05) is 0 Å². The second-order valence-corrected chi connectivity index (χ2v) is 7.42. The zero-order chi connectivity index (χ0) is 17.8. The number of hydrogen-bond donors (Lipinski definition) is 0. The van der Waals surface area contributed by atoms with E-state index < -0.39 is 18.4 Å². The van der Waals surface area contributed by atoms with Crippen LogP contribution in [0.3, 0.4) is 0 Å². The lowest BCUT2D eigenvalue weighted by Crippen LogP contribution is -2.32. The van der Waals surface area contributed by atoms with Crippen molar-refractivity contribution in [1.29, 1.82) is 0 Å². The van der Waals surface area contributed by atoms with E-state index in [9.17, 15) is 8.78 Å². The smallest absolute Gasteiger partial charge is 0.292 e. The van der Waals surface area contributed by atoms with Crippen LogP contribution in [0.1, 0.15) is 91.4 Å². The molecule has 1 saturated carbocycles. The molecule has 1 fully saturated rings. The molecular formula is C20H36F2O2. The highest BCUT2D eigenvalue weighted by Crippen LogP contribution is 2.27. The lowest BCUT2D eigenvalue weighted by atomic mass is 9.89. The number of unbranched alkanes of at least 4 members (excludes halogenated alkanes) is 5.